The van der Waals surface area contributed by atoms with Crippen molar-refractivity contribution in [3.05, 3.63) is 58.9 Å². The summed E-state index contributed by atoms with van der Waals surface area (Å²) in [6.45, 7) is 1.49. The van der Waals surface area contributed by atoms with E-state index in [1.54, 1.807) is 35.3 Å². The van der Waals surface area contributed by atoms with Gasteiger partial charge in [0, 0.05) is 43.8 Å². The molecule has 1 aliphatic heterocycles. The van der Waals surface area contributed by atoms with E-state index in [1.165, 1.54) is 7.11 Å². The quantitative estimate of drug-likeness (QED) is 0.667. The number of nitrogens with zero attached hydrogens (tertiary/aromatic N) is 4. The average molecular weight is 431 g/mol. The number of methoxy groups -OCH3 is 1. The summed E-state index contributed by atoms with van der Waals surface area (Å²) < 4.78 is 34.7. The molecule has 0 spiro atoms. The molecular weight excluding hydrogens is 412 g/mol. The van der Waals surface area contributed by atoms with Gasteiger partial charge in [0.05, 0.1) is 12.8 Å². The van der Waals surface area contributed by atoms with Crippen LogP contribution in [0.3, 0.4) is 0 Å². The Labute approximate surface area is 175 Å². The summed E-state index contributed by atoms with van der Waals surface area (Å²) in [5.74, 6) is -2.53. The number of nitrogens with one attached hydrogen (secondary N) is 1. The summed E-state index contributed by atoms with van der Waals surface area (Å²) >= 11 is 1.57. The van der Waals surface area contributed by atoms with Gasteiger partial charge in [-0.05, 0) is 18.1 Å². The van der Waals surface area contributed by atoms with Crippen molar-refractivity contribution >= 4 is 33.6 Å². The second-order valence-electron chi connectivity index (χ2n) is 6.71. The van der Waals surface area contributed by atoms with Crippen molar-refractivity contribution in [2.75, 3.05) is 30.4 Å². The molecule has 0 unspecified atom stereocenters. The van der Waals surface area contributed by atoms with Gasteiger partial charge in [-0.15, -0.1) is 11.3 Å². The Morgan fingerprint density at radius 2 is 2.03 bits per heavy atom. The van der Waals surface area contributed by atoms with E-state index in [2.05, 4.69) is 26.4 Å². The molecular formula is C20H19F2N5O2S. The zero-order valence-electron chi connectivity index (χ0n) is 16.4. The van der Waals surface area contributed by atoms with Gasteiger partial charge in [-0.25, -0.2) is 13.8 Å². The molecule has 1 N–H and O–H groups in total. The van der Waals surface area contributed by atoms with Crippen molar-refractivity contribution in [3.8, 4) is 5.75 Å². The lowest BCUT2D eigenvalue weighted by molar-refractivity contribution is 0.102. The molecule has 0 radical (unpaired) electrons. The number of aryl methyl sites for hydroxylation is 1. The average Bonchev–Trinajstić information content (AvgIpc) is 3.40. The van der Waals surface area contributed by atoms with Gasteiger partial charge in [-0.3, -0.25) is 9.48 Å². The highest BCUT2D eigenvalue weighted by Crippen LogP contribution is 2.28. The van der Waals surface area contributed by atoms with E-state index in [0.29, 0.717) is 6.54 Å². The lowest BCUT2D eigenvalue weighted by Gasteiger charge is -2.26. The summed E-state index contributed by atoms with van der Waals surface area (Å²) in [4.78, 5) is 19.1. The number of carbonyl (C=O) groups is 1. The Bertz CT molecular complexity index is 1090. The Hall–Kier alpha value is -3.27. The van der Waals surface area contributed by atoms with Gasteiger partial charge in [0.1, 0.15) is 11.4 Å². The molecule has 3 aromatic rings. The maximum absolute atomic E-state index is 14.1. The summed E-state index contributed by atoms with van der Waals surface area (Å²) in [5, 5.41) is 9.35. The third kappa shape index (κ3) is 3.90. The van der Waals surface area contributed by atoms with Gasteiger partial charge >= 0.3 is 0 Å². The smallest absolute Gasteiger partial charge is 0.276 e. The van der Waals surface area contributed by atoms with Crippen molar-refractivity contribution in [1.29, 1.82) is 0 Å². The molecule has 0 bridgehead atoms. The van der Waals surface area contributed by atoms with Gasteiger partial charge in [-0.1, -0.05) is 6.08 Å². The number of carbonyl (C=O) groups excluding carboxylic acids is 1. The molecule has 4 rings (SSSR count). The lowest BCUT2D eigenvalue weighted by Crippen LogP contribution is -2.29. The van der Waals surface area contributed by atoms with Crippen LogP contribution in [0.15, 0.2) is 35.9 Å². The van der Waals surface area contributed by atoms with Crippen LogP contribution in [0.4, 0.5) is 19.6 Å². The summed E-state index contributed by atoms with van der Waals surface area (Å²) in [7, 11) is 3.03. The molecule has 0 aliphatic carbocycles. The van der Waals surface area contributed by atoms with Crippen LogP contribution in [0.5, 0.6) is 5.75 Å². The number of benzene rings is 1. The molecule has 3 heterocycles. The second kappa shape index (κ2) is 8.23. The maximum atomic E-state index is 14.1. The first-order chi connectivity index (χ1) is 14.5. The molecule has 1 aliphatic rings. The number of hydrogen-bond acceptors (Lipinski definition) is 6. The van der Waals surface area contributed by atoms with Crippen molar-refractivity contribution < 1.29 is 18.3 Å². The molecule has 7 nitrogen and oxygen atoms in total. The molecule has 0 saturated carbocycles. The minimum Gasteiger partial charge on any atom is -0.497 e. The number of halogens is 2. The van der Waals surface area contributed by atoms with Crippen LogP contribution in [0, 0.1) is 11.6 Å². The van der Waals surface area contributed by atoms with Crippen molar-refractivity contribution in [3.63, 3.8) is 0 Å². The van der Waals surface area contributed by atoms with Gasteiger partial charge in [-0.2, -0.15) is 5.10 Å². The third-order valence-electron chi connectivity index (χ3n) is 4.77. The SMILES string of the molecule is COc1cc(F)c(NC(=O)c2cc(C3=CCCN(c4nccs4)C3)n(C)n2)c(F)c1. The molecule has 10 heteroatoms. The summed E-state index contributed by atoms with van der Waals surface area (Å²) in [6, 6.07) is 3.62. The summed E-state index contributed by atoms with van der Waals surface area (Å²) in [5.41, 5.74) is 1.29. The number of ether oxygens (including phenoxy) is 1. The van der Waals surface area contributed by atoms with E-state index in [1.807, 2.05) is 5.38 Å². The first-order valence-electron chi connectivity index (χ1n) is 9.18. The maximum Gasteiger partial charge on any atom is 0.276 e. The summed E-state index contributed by atoms with van der Waals surface area (Å²) in [6.07, 6.45) is 4.71. The molecule has 1 amide bonds. The van der Waals surface area contributed by atoms with Crippen molar-refractivity contribution in [2.24, 2.45) is 7.05 Å². The van der Waals surface area contributed by atoms with Crippen LogP contribution in [-0.4, -0.2) is 40.9 Å². The van der Waals surface area contributed by atoms with Gasteiger partial charge < -0.3 is 15.0 Å². The Balaban J connectivity index is 1.54. The number of aromatic nitrogens is 3. The Morgan fingerprint density at radius 3 is 2.70 bits per heavy atom. The molecule has 30 heavy (non-hydrogen) atoms. The van der Waals surface area contributed by atoms with Gasteiger partial charge in [0.2, 0.25) is 0 Å². The van der Waals surface area contributed by atoms with Crippen LogP contribution < -0.4 is 15.0 Å². The minimum absolute atomic E-state index is 0.0251. The number of rotatable bonds is 5. The van der Waals surface area contributed by atoms with E-state index in [0.717, 1.165) is 41.5 Å². The zero-order chi connectivity index (χ0) is 21.3. The van der Waals surface area contributed by atoms with Crippen LogP contribution in [0.25, 0.3) is 5.57 Å². The fraction of sp³-hybridized carbons (Fsp3) is 0.250. The Kier molecular flexibility index (Phi) is 5.49. The zero-order valence-corrected chi connectivity index (χ0v) is 17.2. The fourth-order valence-corrected chi connectivity index (χ4v) is 3.98. The Morgan fingerprint density at radius 1 is 1.27 bits per heavy atom. The molecule has 2 aromatic heterocycles. The molecule has 156 valence electrons. The van der Waals surface area contributed by atoms with E-state index in [4.69, 9.17) is 4.74 Å². The number of amides is 1. The van der Waals surface area contributed by atoms with Gasteiger partial charge in [0.25, 0.3) is 5.91 Å². The van der Waals surface area contributed by atoms with Crippen LogP contribution >= 0.6 is 11.3 Å². The van der Waals surface area contributed by atoms with E-state index in [9.17, 15) is 13.6 Å². The first kappa shape index (κ1) is 20.0. The highest BCUT2D eigenvalue weighted by atomic mass is 32.1. The lowest BCUT2D eigenvalue weighted by atomic mass is 10.1. The predicted octanol–water partition coefficient (Wildman–Crippen LogP) is 3.71. The number of hydrogen-bond donors (Lipinski definition) is 1. The minimum atomic E-state index is -0.926. The van der Waals surface area contributed by atoms with Crippen LogP contribution in [-0.2, 0) is 7.05 Å². The molecule has 0 saturated heterocycles. The largest absolute Gasteiger partial charge is 0.497 e. The second-order valence-corrected chi connectivity index (χ2v) is 7.59. The van der Waals surface area contributed by atoms with Gasteiger partial charge in [0.15, 0.2) is 22.5 Å². The number of anilines is 2. The van der Waals surface area contributed by atoms with E-state index < -0.39 is 23.2 Å². The molecule has 1 aromatic carbocycles. The highest BCUT2D eigenvalue weighted by Gasteiger charge is 2.22. The normalized spacial score (nSPS) is 13.9. The van der Waals surface area contributed by atoms with Crippen LogP contribution in [0.2, 0.25) is 0 Å². The predicted molar refractivity (Wildman–Crippen MR) is 111 cm³/mol. The molecule has 0 fully saturated rings. The van der Waals surface area contributed by atoms with Crippen molar-refractivity contribution in [1.82, 2.24) is 14.8 Å². The highest BCUT2D eigenvalue weighted by molar-refractivity contribution is 7.13. The van der Waals surface area contributed by atoms with Crippen molar-refractivity contribution in [2.45, 2.75) is 6.42 Å². The third-order valence-corrected chi connectivity index (χ3v) is 5.60. The van der Waals surface area contributed by atoms with E-state index >= 15 is 0 Å². The fourth-order valence-electron chi connectivity index (χ4n) is 3.31. The monoisotopic (exact) mass is 431 g/mol. The molecule has 0 atom stereocenters. The number of thiazole rings is 1. The topological polar surface area (TPSA) is 72.3 Å². The first-order valence-corrected chi connectivity index (χ1v) is 10.1. The van der Waals surface area contributed by atoms with E-state index in [-0.39, 0.29) is 11.4 Å². The van der Waals surface area contributed by atoms with Crippen LogP contribution in [0.1, 0.15) is 22.6 Å². The standard InChI is InChI=1S/C20H19F2N5O2S/c1-26-17(12-4-3-6-27(11-12)20-23-5-7-30-20)10-16(25-26)19(28)24-18-14(21)8-13(29-2)9-15(18)22/h4-5,7-10H,3,6,11H2,1-2H3,(H,24,28).